The van der Waals surface area contributed by atoms with Crippen LogP contribution in [0.1, 0.15) is 34.1 Å². The van der Waals surface area contributed by atoms with Crippen LogP contribution < -0.4 is 11.5 Å². The lowest BCUT2D eigenvalue weighted by molar-refractivity contribution is -0.173. The van der Waals surface area contributed by atoms with Crippen LogP contribution in [0.2, 0.25) is 0 Å². The molecule has 6 N–H and O–H groups in total. The first-order chi connectivity index (χ1) is 13.9. The number of carbonyl (C=O) groups is 3. The van der Waals surface area contributed by atoms with Crippen molar-refractivity contribution in [2.45, 2.75) is 63.9 Å². The average molecular weight is 426 g/mol. The Balaban J connectivity index is 1.83. The van der Waals surface area contributed by atoms with Gasteiger partial charge in [-0.25, -0.2) is 0 Å². The summed E-state index contributed by atoms with van der Waals surface area (Å²) < 4.78 is 0. The van der Waals surface area contributed by atoms with Crippen LogP contribution in [-0.4, -0.2) is 105 Å². The zero-order chi connectivity index (χ0) is 22.6. The van der Waals surface area contributed by atoms with Crippen molar-refractivity contribution in [1.82, 2.24) is 14.7 Å². The van der Waals surface area contributed by atoms with E-state index in [1.807, 2.05) is 0 Å². The second-order valence-electron chi connectivity index (χ2n) is 9.76. The summed E-state index contributed by atoms with van der Waals surface area (Å²) in [5.74, 6) is -0.795. The molecule has 3 rings (SSSR count). The van der Waals surface area contributed by atoms with Crippen molar-refractivity contribution in [2.24, 2.45) is 22.8 Å². The fourth-order valence-electron chi connectivity index (χ4n) is 5.55. The molecule has 2 spiro atoms. The Kier molecular flexibility index (Phi) is 5.92. The minimum Gasteiger partial charge on any atom is -0.391 e. The van der Waals surface area contributed by atoms with E-state index in [-0.39, 0.29) is 24.9 Å². The van der Waals surface area contributed by atoms with E-state index in [0.717, 1.165) is 0 Å². The SMILES string of the molecule is CC(C)CN1CC2(CN([C@H](C(N)=O)[C@@H](C)O)C2=O)CC12CN([C@H](CN)[C@@H](C)O)C2=O. The molecule has 6 atom stereocenters. The number of rotatable bonds is 8. The third-order valence-electron chi connectivity index (χ3n) is 6.88. The molecule has 10 nitrogen and oxygen atoms in total. The van der Waals surface area contributed by atoms with Crippen molar-refractivity contribution < 1.29 is 24.6 Å². The molecule has 3 aliphatic rings. The molecule has 30 heavy (non-hydrogen) atoms. The number of primary amides is 1. The first-order valence-corrected chi connectivity index (χ1v) is 10.6. The first kappa shape index (κ1) is 22.9. The second-order valence-corrected chi connectivity index (χ2v) is 9.76. The molecule has 2 unspecified atom stereocenters. The van der Waals surface area contributed by atoms with Crippen molar-refractivity contribution >= 4 is 17.7 Å². The molecule has 170 valence electrons. The van der Waals surface area contributed by atoms with Gasteiger partial charge in [0.25, 0.3) is 0 Å². The summed E-state index contributed by atoms with van der Waals surface area (Å²) in [6.07, 6.45) is -1.45. The van der Waals surface area contributed by atoms with Gasteiger partial charge in [-0.15, -0.1) is 0 Å². The number of hydrogen-bond donors (Lipinski definition) is 4. The summed E-state index contributed by atoms with van der Waals surface area (Å²) >= 11 is 0. The van der Waals surface area contributed by atoms with Crippen LogP contribution >= 0.6 is 0 Å². The van der Waals surface area contributed by atoms with Crippen molar-refractivity contribution in [1.29, 1.82) is 0 Å². The lowest BCUT2D eigenvalue weighted by atomic mass is 9.70. The Morgan fingerprint density at radius 1 is 1.03 bits per heavy atom. The highest BCUT2D eigenvalue weighted by molar-refractivity contribution is 5.99. The van der Waals surface area contributed by atoms with E-state index in [0.29, 0.717) is 32.0 Å². The smallest absolute Gasteiger partial charge is 0.245 e. The quantitative estimate of drug-likeness (QED) is 0.319. The van der Waals surface area contributed by atoms with Gasteiger partial charge >= 0.3 is 0 Å². The predicted octanol–water partition coefficient (Wildman–Crippen LogP) is -2.30. The van der Waals surface area contributed by atoms with Crippen LogP contribution in [0.3, 0.4) is 0 Å². The van der Waals surface area contributed by atoms with E-state index in [1.54, 1.807) is 11.8 Å². The lowest BCUT2D eigenvalue weighted by Gasteiger charge is -2.55. The van der Waals surface area contributed by atoms with E-state index in [4.69, 9.17) is 11.5 Å². The van der Waals surface area contributed by atoms with E-state index in [9.17, 15) is 24.6 Å². The molecular weight excluding hydrogens is 390 g/mol. The van der Waals surface area contributed by atoms with Crippen LogP contribution in [0.4, 0.5) is 0 Å². The molecule has 3 fully saturated rings. The van der Waals surface area contributed by atoms with Crippen molar-refractivity contribution in [3.63, 3.8) is 0 Å². The topological polar surface area (TPSA) is 153 Å². The van der Waals surface area contributed by atoms with Crippen LogP contribution in [0.25, 0.3) is 0 Å². The average Bonchev–Trinajstić information content (AvgIpc) is 2.98. The molecule has 0 aromatic carbocycles. The highest BCUT2D eigenvalue weighted by Gasteiger charge is 2.71. The fraction of sp³-hybridized carbons (Fsp3) is 0.850. The molecule has 3 amide bonds. The Bertz CT molecular complexity index is 728. The summed E-state index contributed by atoms with van der Waals surface area (Å²) in [7, 11) is 0. The Labute approximate surface area is 177 Å². The highest BCUT2D eigenvalue weighted by Crippen LogP contribution is 2.53. The van der Waals surface area contributed by atoms with Gasteiger partial charge in [-0.1, -0.05) is 13.8 Å². The van der Waals surface area contributed by atoms with Gasteiger partial charge in [-0.3, -0.25) is 19.3 Å². The van der Waals surface area contributed by atoms with Gasteiger partial charge in [0, 0.05) is 32.7 Å². The number of aliphatic hydroxyl groups is 2. The van der Waals surface area contributed by atoms with Crippen LogP contribution in [-0.2, 0) is 14.4 Å². The molecule has 3 saturated heterocycles. The zero-order valence-electron chi connectivity index (χ0n) is 18.2. The molecule has 0 radical (unpaired) electrons. The largest absolute Gasteiger partial charge is 0.391 e. The predicted molar refractivity (Wildman–Crippen MR) is 109 cm³/mol. The maximum atomic E-state index is 13.3. The number of likely N-dealkylation sites (tertiary alicyclic amines) is 3. The van der Waals surface area contributed by atoms with E-state index in [1.165, 1.54) is 11.8 Å². The number of β-lactam (4-membered cyclic amide) rings is 2. The lowest BCUT2D eigenvalue weighted by Crippen LogP contribution is -2.76. The molecule has 0 saturated carbocycles. The monoisotopic (exact) mass is 425 g/mol. The van der Waals surface area contributed by atoms with Gasteiger partial charge in [0.2, 0.25) is 17.7 Å². The molecule has 10 heteroatoms. The first-order valence-electron chi connectivity index (χ1n) is 10.6. The van der Waals surface area contributed by atoms with Gasteiger partial charge in [-0.2, -0.15) is 0 Å². The number of nitrogens with zero attached hydrogens (tertiary/aromatic N) is 3. The molecule has 0 aliphatic carbocycles. The molecule has 0 bridgehead atoms. The van der Waals surface area contributed by atoms with Crippen molar-refractivity contribution in [3.05, 3.63) is 0 Å². The molecular formula is C20H35N5O5. The summed E-state index contributed by atoms with van der Waals surface area (Å²) in [6.45, 7) is 9.11. The highest BCUT2D eigenvalue weighted by atomic mass is 16.3. The fourth-order valence-corrected chi connectivity index (χ4v) is 5.55. The zero-order valence-corrected chi connectivity index (χ0v) is 18.2. The molecule has 0 aromatic rings. The second kappa shape index (κ2) is 7.74. The van der Waals surface area contributed by atoms with Gasteiger partial charge in [0.05, 0.1) is 23.7 Å². The van der Waals surface area contributed by atoms with Gasteiger partial charge in [0.15, 0.2) is 0 Å². The van der Waals surface area contributed by atoms with Crippen molar-refractivity contribution in [3.8, 4) is 0 Å². The van der Waals surface area contributed by atoms with Crippen LogP contribution in [0.15, 0.2) is 0 Å². The number of hydrogen-bond acceptors (Lipinski definition) is 7. The molecule has 0 aromatic heterocycles. The van der Waals surface area contributed by atoms with E-state index in [2.05, 4.69) is 18.7 Å². The number of nitrogens with two attached hydrogens (primary N) is 2. The van der Waals surface area contributed by atoms with Crippen molar-refractivity contribution in [2.75, 3.05) is 32.7 Å². The van der Waals surface area contributed by atoms with Crippen LogP contribution in [0.5, 0.6) is 0 Å². The number of aliphatic hydroxyl groups excluding tert-OH is 2. The van der Waals surface area contributed by atoms with Gasteiger partial charge < -0.3 is 31.5 Å². The Morgan fingerprint density at radius 2 is 1.67 bits per heavy atom. The maximum absolute atomic E-state index is 13.3. The summed E-state index contributed by atoms with van der Waals surface area (Å²) in [4.78, 5) is 43.3. The normalized spacial score (nSPS) is 33.1. The number of carbonyl (C=O) groups excluding carboxylic acids is 3. The minimum atomic E-state index is -1.07. The third kappa shape index (κ3) is 3.30. The molecule has 3 aliphatic heterocycles. The van der Waals surface area contributed by atoms with Crippen LogP contribution in [0, 0.1) is 11.3 Å². The Hall–Kier alpha value is -1.75. The maximum Gasteiger partial charge on any atom is 0.245 e. The Morgan fingerprint density at radius 3 is 2.07 bits per heavy atom. The third-order valence-corrected chi connectivity index (χ3v) is 6.88. The standard InChI is InChI=1S/C20H35N5O5/c1-11(2)6-23-8-19(9-25(17(19)29)15(13(4)27)16(22)28)7-20(23)10-24(18(20)30)14(5-21)12(3)26/h11-15,26-27H,5-10,21H2,1-4H3,(H2,22,28)/t12-,13-,14-,15+,19?,20?/m1/s1. The molecule has 3 heterocycles. The summed E-state index contributed by atoms with van der Waals surface area (Å²) in [6, 6.07) is -1.52. The van der Waals surface area contributed by atoms with Gasteiger partial charge in [-0.05, 0) is 26.2 Å². The number of amides is 3. The summed E-state index contributed by atoms with van der Waals surface area (Å²) in [5.41, 5.74) is 9.62. The summed E-state index contributed by atoms with van der Waals surface area (Å²) in [5, 5.41) is 19.9. The van der Waals surface area contributed by atoms with Gasteiger partial charge in [0.1, 0.15) is 11.6 Å². The minimum absolute atomic E-state index is 0.107. The van der Waals surface area contributed by atoms with E-state index >= 15 is 0 Å². The van der Waals surface area contributed by atoms with E-state index < -0.39 is 41.2 Å².